The fourth-order valence-electron chi connectivity index (χ4n) is 3.28. The Kier molecular flexibility index (Phi) is 10.4. The molecule has 3 N–H and O–H groups in total. The molecular formula is C19H29Cl2N5O. The Morgan fingerprint density at radius 1 is 1.15 bits per heavy atom. The van der Waals surface area contributed by atoms with Gasteiger partial charge in [0.25, 0.3) is 0 Å². The van der Waals surface area contributed by atoms with E-state index in [0.29, 0.717) is 13.0 Å². The second-order valence-electron chi connectivity index (χ2n) is 6.69. The van der Waals surface area contributed by atoms with Crippen molar-refractivity contribution >= 4 is 30.7 Å². The maximum Gasteiger partial charge on any atom is 0.237 e. The third-order valence-corrected chi connectivity index (χ3v) is 4.70. The lowest BCUT2D eigenvalue weighted by atomic mass is 10.1. The number of carbonyl (C=O) groups is 1. The smallest absolute Gasteiger partial charge is 0.237 e. The normalized spacial score (nSPS) is 14.1. The summed E-state index contributed by atoms with van der Waals surface area (Å²) >= 11 is 0. The first-order valence-electron chi connectivity index (χ1n) is 9.22. The highest BCUT2D eigenvalue weighted by atomic mass is 35.5. The van der Waals surface area contributed by atoms with Crippen LogP contribution in [-0.2, 0) is 30.6 Å². The molecule has 0 saturated carbocycles. The SMILES string of the molecule is Cl.Cl.NC(Cc1ccccc1)C(=O)NCCCc1nnc2n1CCCCC2. The number of nitrogens with two attached hydrogens (primary N) is 1. The number of aromatic nitrogens is 3. The van der Waals surface area contributed by atoms with Crippen molar-refractivity contribution in [1.82, 2.24) is 20.1 Å². The second-order valence-corrected chi connectivity index (χ2v) is 6.69. The van der Waals surface area contributed by atoms with Crippen LogP contribution < -0.4 is 11.1 Å². The number of nitrogens with one attached hydrogen (secondary N) is 1. The minimum absolute atomic E-state index is 0. The average molecular weight is 414 g/mol. The number of hydrogen-bond acceptors (Lipinski definition) is 4. The van der Waals surface area contributed by atoms with E-state index < -0.39 is 6.04 Å². The van der Waals surface area contributed by atoms with E-state index in [1.165, 1.54) is 19.3 Å². The van der Waals surface area contributed by atoms with Gasteiger partial charge in [0.05, 0.1) is 6.04 Å². The average Bonchev–Trinajstić information content (AvgIpc) is 2.86. The largest absolute Gasteiger partial charge is 0.355 e. The van der Waals surface area contributed by atoms with E-state index in [-0.39, 0.29) is 30.7 Å². The number of benzene rings is 1. The van der Waals surface area contributed by atoms with Gasteiger partial charge in [-0.15, -0.1) is 35.0 Å². The van der Waals surface area contributed by atoms with Gasteiger partial charge in [-0.3, -0.25) is 4.79 Å². The van der Waals surface area contributed by atoms with Crippen molar-refractivity contribution in [2.24, 2.45) is 5.73 Å². The number of nitrogens with zero attached hydrogens (tertiary/aromatic N) is 3. The summed E-state index contributed by atoms with van der Waals surface area (Å²) in [6.07, 6.45) is 6.93. The molecule has 1 aliphatic rings. The lowest BCUT2D eigenvalue weighted by Crippen LogP contribution is -2.42. The van der Waals surface area contributed by atoms with Gasteiger partial charge in [-0.1, -0.05) is 36.8 Å². The molecule has 3 rings (SSSR count). The Bertz CT molecular complexity index is 693. The maximum atomic E-state index is 12.1. The molecule has 27 heavy (non-hydrogen) atoms. The van der Waals surface area contributed by atoms with Crippen LogP contribution in [0.2, 0.25) is 0 Å². The zero-order valence-corrected chi connectivity index (χ0v) is 17.1. The summed E-state index contributed by atoms with van der Waals surface area (Å²) < 4.78 is 2.26. The summed E-state index contributed by atoms with van der Waals surface area (Å²) in [7, 11) is 0. The van der Waals surface area contributed by atoms with Crippen LogP contribution in [0.15, 0.2) is 30.3 Å². The molecule has 0 aliphatic carbocycles. The van der Waals surface area contributed by atoms with Gasteiger partial charge in [0, 0.05) is 25.9 Å². The van der Waals surface area contributed by atoms with Crippen molar-refractivity contribution in [2.45, 2.75) is 57.5 Å². The molecule has 0 bridgehead atoms. The van der Waals surface area contributed by atoms with E-state index in [1.807, 2.05) is 30.3 Å². The standard InChI is InChI=1S/C19H27N5O.2ClH/c20-16(14-15-8-3-1-4-9-15)19(25)21-12-7-11-18-23-22-17-10-5-2-6-13-24(17)18;;/h1,3-4,8-9,16H,2,5-7,10-14,20H2,(H,21,25);2*1H. The summed E-state index contributed by atoms with van der Waals surface area (Å²) in [4.78, 5) is 12.1. The van der Waals surface area contributed by atoms with Crippen LogP contribution in [0.25, 0.3) is 0 Å². The molecule has 2 heterocycles. The molecular weight excluding hydrogens is 385 g/mol. The van der Waals surface area contributed by atoms with Crippen molar-refractivity contribution in [3.05, 3.63) is 47.5 Å². The van der Waals surface area contributed by atoms with E-state index in [2.05, 4.69) is 20.1 Å². The Morgan fingerprint density at radius 2 is 1.93 bits per heavy atom. The number of hydrogen-bond donors (Lipinski definition) is 2. The minimum Gasteiger partial charge on any atom is -0.355 e. The van der Waals surface area contributed by atoms with Crippen LogP contribution in [0, 0.1) is 0 Å². The highest BCUT2D eigenvalue weighted by Crippen LogP contribution is 2.15. The fraction of sp³-hybridized carbons (Fsp3) is 0.526. The van der Waals surface area contributed by atoms with Gasteiger partial charge in [-0.05, 0) is 31.2 Å². The number of fused-ring (bicyclic) bond motifs is 1. The highest BCUT2D eigenvalue weighted by molar-refractivity contribution is 5.85. The van der Waals surface area contributed by atoms with Crippen molar-refractivity contribution in [3.63, 3.8) is 0 Å². The van der Waals surface area contributed by atoms with Crippen LogP contribution in [0.3, 0.4) is 0 Å². The molecule has 150 valence electrons. The van der Waals surface area contributed by atoms with E-state index in [0.717, 1.165) is 43.0 Å². The van der Waals surface area contributed by atoms with Crippen molar-refractivity contribution in [2.75, 3.05) is 6.54 Å². The third-order valence-electron chi connectivity index (χ3n) is 4.70. The molecule has 1 aromatic carbocycles. The van der Waals surface area contributed by atoms with Crippen molar-refractivity contribution < 1.29 is 4.79 Å². The number of rotatable bonds is 7. The summed E-state index contributed by atoms with van der Waals surface area (Å²) in [5, 5.41) is 11.6. The predicted molar refractivity (Wildman–Crippen MR) is 112 cm³/mol. The van der Waals surface area contributed by atoms with Gasteiger partial charge in [-0.2, -0.15) is 0 Å². The Morgan fingerprint density at radius 3 is 2.70 bits per heavy atom. The van der Waals surface area contributed by atoms with E-state index in [9.17, 15) is 4.79 Å². The van der Waals surface area contributed by atoms with Gasteiger partial charge >= 0.3 is 0 Å². The van der Waals surface area contributed by atoms with Gasteiger partial charge in [0.2, 0.25) is 5.91 Å². The number of amides is 1. The van der Waals surface area contributed by atoms with Crippen molar-refractivity contribution in [1.29, 1.82) is 0 Å². The minimum atomic E-state index is -0.508. The summed E-state index contributed by atoms with van der Waals surface area (Å²) in [6, 6.07) is 9.35. The molecule has 0 radical (unpaired) electrons. The van der Waals surface area contributed by atoms with Gasteiger partial charge < -0.3 is 15.6 Å². The first kappa shape index (κ1) is 23.4. The van der Waals surface area contributed by atoms with Crippen LogP contribution in [-0.4, -0.2) is 33.3 Å². The Labute approximate surface area is 173 Å². The molecule has 2 aromatic rings. The first-order chi connectivity index (χ1) is 12.2. The van der Waals surface area contributed by atoms with Crippen LogP contribution >= 0.6 is 24.8 Å². The predicted octanol–water partition coefficient (Wildman–Crippen LogP) is 2.47. The lowest BCUT2D eigenvalue weighted by Gasteiger charge is -2.12. The molecule has 1 atom stereocenters. The molecule has 1 amide bonds. The summed E-state index contributed by atoms with van der Waals surface area (Å²) in [6.45, 7) is 1.63. The fourth-order valence-corrected chi connectivity index (χ4v) is 3.28. The quantitative estimate of drug-likeness (QED) is 0.682. The zero-order valence-electron chi connectivity index (χ0n) is 15.5. The molecule has 1 aliphatic heterocycles. The molecule has 6 nitrogen and oxygen atoms in total. The van der Waals surface area contributed by atoms with Crippen LogP contribution in [0.5, 0.6) is 0 Å². The van der Waals surface area contributed by atoms with Gasteiger partial charge in [0.15, 0.2) is 0 Å². The molecule has 0 saturated heterocycles. The molecule has 0 spiro atoms. The topological polar surface area (TPSA) is 85.8 Å². The third kappa shape index (κ3) is 6.79. The lowest BCUT2D eigenvalue weighted by molar-refractivity contribution is -0.122. The molecule has 0 fully saturated rings. The Hall–Kier alpha value is -1.63. The van der Waals surface area contributed by atoms with E-state index in [1.54, 1.807) is 0 Å². The molecule has 1 aromatic heterocycles. The molecule has 1 unspecified atom stereocenters. The van der Waals surface area contributed by atoms with Gasteiger partial charge in [-0.25, -0.2) is 0 Å². The Balaban J connectivity index is 0.00000182. The van der Waals surface area contributed by atoms with E-state index in [4.69, 9.17) is 5.73 Å². The van der Waals surface area contributed by atoms with Crippen LogP contribution in [0.4, 0.5) is 0 Å². The van der Waals surface area contributed by atoms with Gasteiger partial charge in [0.1, 0.15) is 11.6 Å². The first-order valence-corrected chi connectivity index (χ1v) is 9.22. The monoisotopic (exact) mass is 413 g/mol. The molecule has 8 heteroatoms. The highest BCUT2D eigenvalue weighted by Gasteiger charge is 2.15. The maximum absolute atomic E-state index is 12.1. The summed E-state index contributed by atoms with van der Waals surface area (Å²) in [5.74, 6) is 2.06. The summed E-state index contributed by atoms with van der Waals surface area (Å²) in [5.41, 5.74) is 7.08. The number of aryl methyl sites for hydroxylation is 2. The second kappa shape index (κ2) is 12.0. The van der Waals surface area contributed by atoms with E-state index >= 15 is 0 Å². The zero-order chi connectivity index (χ0) is 17.5. The van der Waals surface area contributed by atoms with Crippen LogP contribution in [0.1, 0.15) is 42.9 Å². The number of halogens is 2. The van der Waals surface area contributed by atoms with Crippen molar-refractivity contribution in [3.8, 4) is 0 Å². The number of carbonyl (C=O) groups excluding carboxylic acids is 1.